The lowest BCUT2D eigenvalue weighted by Crippen LogP contribution is -3.00. The van der Waals surface area contributed by atoms with Gasteiger partial charge >= 0.3 is 5.97 Å². The lowest BCUT2D eigenvalue weighted by molar-refractivity contribution is -0.697. The number of hydrogen-bond donors (Lipinski definition) is 1. The molecular formula is C57H73BrN2O3. The van der Waals surface area contributed by atoms with E-state index < -0.39 is 5.41 Å². The highest BCUT2D eigenvalue weighted by atomic mass is 79.9. The SMILES string of the molecule is C[C@H]1[C@H](C)CC[C@]2(C(=O)OCCCC[n+]3ccc(-c4ccc(N(c5ccccc5)c5ccccc5)cc4)cc3)CC[C@]3(C)C(=CC[C@@H]4[C@@]5(C)CC[C@H](O)C(C)(C)[C@@H]5CC[C@]43C)[C@H]12.[Br-]. The number of aliphatic hydroxyl groups excluding tert-OH is 1. The molecule has 63 heavy (non-hydrogen) atoms. The van der Waals surface area contributed by atoms with E-state index in [0.29, 0.717) is 30.3 Å². The Bertz CT molecular complexity index is 2200. The van der Waals surface area contributed by atoms with Gasteiger partial charge in [-0.15, -0.1) is 0 Å². The van der Waals surface area contributed by atoms with E-state index >= 15 is 0 Å². The predicted octanol–water partition coefficient (Wildman–Crippen LogP) is 10.5. The van der Waals surface area contributed by atoms with Crippen LogP contribution in [-0.2, 0) is 16.1 Å². The molecule has 0 amide bonds. The van der Waals surface area contributed by atoms with E-state index in [4.69, 9.17) is 4.74 Å². The highest BCUT2D eigenvalue weighted by Crippen LogP contribution is 2.76. The molecule has 5 aliphatic rings. The number of nitrogens with zero attached hydrogens (tertiary/aromatic N) is 2. The lowest BCUT2D eigenvalue weighted by Gasteiger charge is -2.71. The summed E-state index contributed by atoms with van der Waals surface area (Å²) < 4.78 is 8.64. The third-order valence-electron chi connectivity index (χ3n) is 18.8. The van der Waals surface area contributed by atoms with Gasteiger partial charge in [-0.2, -0.15) is 0 Å². The van der Waals surface area contributed by atoms with E-state index in [1.165, 1.54) is 24.0 Å². The summed E-state index contributed by atoms with van der Waals surface area (Å²) in [6.45, 7) is 18.8. The largest absolute Gasteiger partial charge is 1.00 e. The number of esters is 1. The predicted molar refractivity (Wildman–Crippen MR) is 252 cm³/mol. The number of pyridine rings is 1. The Hall–Kier alpha value is -3.74. The van der Waals surface area contributed by atoms with Crippen LogP contribution in [0, 0.1) is 56.7 Å². The Morgan fingerprint density at radius 3 is 1.98 bits per heavy atom. The van der Waals surface area contributed by atoms with E-state index in [9.17, 15) is 9.90 Å². The number of carbonyl (C=O) groups excluding carboxylic acids is 1. The number of hydrogen-bond acceptors (Lipinski definition) is 4. The van der Waals surface area contributed by atoms with E-state index in [1.54, 1.807) is 5.57 Å². The summed E-state index contributed by atoms with van der Waals surface area (Å²) in [7, 11) is 0. The molecule has 5 aliphatic carbocycles. The van der Waals surface area contributed by atoms with Crippen LogP contribution in [-0.4, -0.2) is 23.8 Å². The number of carbonyl (C=O) groups is 1. The van der Waals surface area contributed by atoms with Crippen LogP contribution in [0.2, 0.25) is 0 Å². The molecule has 10 atom stereocenters. The van der Waals surface area contributed by atoms with Gasteiger partial charge in [0.15, 0.2) is 12.4 Å². The maximum absolute atomic E-state index is 14.6. The smallest absolute Gasteiger partial charge is 0.312 e. The second kappa shape index (κ2) is 17.6. The number of para-hydroxylation sites is 2. The van der Waals surface area contributed by atoms with Gasteiger partial charge in [-0.1, -0.05) is 109 Å². The Morgan fingerprint density at radius 2 is 1.33 bits per heavy atom. The van der Waals surface area contributed by atoms with Gasteiger partial charge in [0.1, 0.15) is 6.54 Å². The minimum absolute atomic E-state index is 0. The van der Waals surface area contributed by atoms with Crippen LogP contribution in [0.5, 0.6) is 0 Å². The fourth-order valence-electron chi connectivity index (χ4n) is 14.7. The van der Waals surface area contributed by atoms with Crippen molar-refractivity contribution in [2.45, 2.75) is 132 Å². The third kappa shape index (κ3) is 7.65. The Morgan fingerprint density at radius 1 is 0.714 bits per heavy atom. The highest BCUT2D eigenvalue weighted by Gasteiger charge is 2.69. The van der Waals surface area contributed by atoms with Gasteiger partial charge in [0.05, 0.1) is 18.1 Å². The van der Waals surface area contributed by atoms with Crippen molar-refractivity contribution >= 4 is 23.0 Å². The van der Waals surface area contributed by atoms with Gasteiger partial charge in [0, 0.05) is 35.6 Å². The molecule has 1 heterocycles. The second-order valence-corrected chi connectivity index (χ2v) is 21.9. The average Bonchev–Trinajstić information content (AvgIpc) is 3.28. The van der Waals surface area contributed by atoms with Crippen molar-refractivity contribution < 1.29 is 36.2 Å². The molecule has 0 saturated heterocycles. The van der Waals surface area contributed by atoms with Crippen LogP contribution < -0.4 is 26.4 Å². The third-order valence-corrected chi connectivity index (χ3v) is 18.8. The number of fused-ring (bicyclic) bond motifs is 7. The number of halogens is 1. The molecule has 0 unspecified atom stereocenters. The van der Waals surface area contributed by atoms with E-state index in [2.05, 4.69) is 173 Å². The Balaban J connectivity index is 0.00000544. The standard InChI is InChI=1S/C57H73N2O3.BrH/c1-40-26-33-57(35-34-55(6)47(51(57)41(40)2)24-25-49-54(5)31-28-50(60)53(3,4)48(54)27-32-56(49,55)7)52(61)62-39-15-14-36-58-37-29-43(30-38-58)42-20-22-46(23-21-42)59(44-16-10-8-11-17-44)45-18-12-9-13-19-45;/h8-13,16-24,29-30,37-38,40-41,48-51,60H,14-15,25-28,31-36,39H2,1-7H3;1H/q+1;/p-1/t40-,41+,48+,49-,50+,51+,54+,55-,56-,57+;/m1./s1. The van der Waals surface area contributed by atoms with E-state index in [0.717, 1.165) is 81.4 Å². The number of allylic oxidation sites excluding steroid dienone is 2. The highest BCUT2D eigenvalue weighted by molar-refractivity contribution is 5.79. The second-order valence-electron chi connectivity index (χ2n) is 21.9. The van der Waals surface area contributed by atoms with Crippen molar-refractivity contribution in [2.24, 2.45) is 56.7 Å². The summed E-state index contributed by atoms with van der Waals surface area (Å²) in [5.41, 5.74) is 7.40. The molecule has 0 bridgehead atoms. The molecule has 6 heteroatoms. The zero-order valence-corrected chi connectivity index (χ0v) is 40.7. The van der Waals surface area contributed by atoms with Crippen LogP contribution in [0.1, 0.15) is 119 Å². The van der Waals surface area contributed by atoms with Gasteiger partial charge in [-0.3, -0.25) is 4.79 Å². The van der Waals surface area contributed by atoms with Crippen LogP contribution in [0.4, 0.5) is 17.1 Å². The van der Waals surface area contributed by atoms with Gasteiger partial charge in [0.2, 0.25) is 0 Å². The normalized spacial score (nSPS) is 34.1. The number of anilines is 3. The first-order chi connectivity index (χ1) is 29.7. The average molecular weight is 914 g/mol. The topological polar surface area (TPSA) is 53.7 Å². The van der Waals surface area contributed by atoms with Gasteiger partial charge < -0.3 is 31.7 Å². The Labute approximate surface area is 389 Å². The molecule has 4 aromatic rings. The lowest BCUT2D eigenvalue weighted by atomic mass is 9.33. The summed E-state index contributed by atoms with van der Waals surface area (Å²) in [4.78, 5) is 16.9. The zero-order valence-electron chi connectivity index (χ0n) is 39.2. The number of aromatic nitrogens is 1. The molecule has 4 fully saturated rings. The van der Waals surface area contributed by atoms with Gasteiger partial charge in [-0.25, -0.2) is 4.57 Å². The molecule has 1 N–H and O–H groups in total. The van der Waals surface area contributed by atoms with Crippen molar-refractivity contribution in [3.05, 3.63) is 121 Å². The molecular weight excluding hydrogens is 841 g/mol. The van der Waals surface area contributed by atoms with Crippen LogP contribution >= 0.6 is 0 Å². The molecule has 0 aliphatic heterocycles. The van der Waals surface area contributed by atoms with E-state index in [1.807, 2.05) is 0 Å². The molecule has 336 valence electrons. The summed E-state index contributed by atoms with van der Waals surface area (Å²) >= 11 is 0. The van der Waals surface area contributed by atoms with Crippen molar-refractivity contribution in [2.75, 3.05) is 11.5 Å². The zero-order chi connectivity index (χ0) is 43.5. The molecule has 3 aromatic carbocycles. The van der Waals surface area contributed by atoms with Crippen molar-refractivity contribution in [1.82, 2.24) is 0 Å². The number of aryl methyl sites for hydroxylation is 1. The molecule has 0 spiro atoms. The number of unbranched alkanes of at least 4 members (excludes halogenated alkanes) is 1. The number of rotatable bonds is 10. The van der Waals surface area contributed by atoms with Gasteiger partial charge in [0.25, 0.3) is 0 Å². The first-order valence-corrected chi connectivity index (χ1v) is 24.3. The number of ether oxygens (including phenoxy) is 1. The maximum atomic E-state index is 14.6. The molecule has 0 radical (unpaired) electrons. The quantitative estimate of drug-likeness (QED) is 0.0746. The molecule has 4 saturated carbocycles. The van der Waals surface area contributed by atoms with Crippen molar-refractivity contribution in [3.8, 4) is 11.1 Å². The fraction of sp³-hybridized carbons (Fsp3) is 0.544. The minimum atomic E-state index is -0.414. The first-order valence-electron chi connectivity index (χ1n) is 24.3. The van der Waals surface area contributed by atoms with Crippen LogP contribution in [0.15, 0.2) is 121 Å². The number of benzene rings is 3. The number of aliphatic hydroxyl groups is 1. The molecule has 9 rings (SSSR count). The monoisotopic (exact) mass is 912 g/mol. The van der Waals surface area contributed by atoms with Crippen molar-refractivity contribution in [1.29, 1.82) is 0 Å². The van der Waals surface area contributed by atoms with E-state index in [-0.39, 0.29) is 56.6 Å². The summed E-state index contributed by atoms with van der Waals surface area (Å²) in [5.74, 6) is 2.52. The molecule has 5 nitrogen and oxygen atoms in total. The Kier molecular flexibility index (Phi) is 12.8. The maximum Gasteiger partial charge on any atom is 0.312 e. The van der Waals surface area contributed by atoms with Gasteiger partial charge in [-0.05, 0) is 163 Å². The summed E-state index contributed by atoms with van der Waals surface area (Å²) in [6.07, 6.45) is 18.3. The fourth-order valence-corrected chi connectivity index (χ4v) is 14.7. The van der Waals surface area contributed by atoms with Crippen LogP contribution in [0.25, 0.3) is 11.1 Å². The first kappa shape index (κ1) is 45.8. The van der Waals surface area contributed by atoms with Crippen molar-refractivity contribution in [3.63, 3.8) is 0 Å². The summed E-state index contributed by atoms with van der Waals surface area (Å²) in [6, 6.07) is 34.3. The minimum Gasteiger partial charge on any atom is -1.00 e. The molecule has 1 aromatic heterocycles. The van der Waals surface area contributed by atoms with Crippen LogP contribution in [0.3, 0.4) is 0 Å². The summed E-state index contributed by atoms with van der Waals surface area (Å²) in [5, 5.41) is 11.2.